The van der Waals surface area contributed by atoms with Gasteiger partial charge in [-0.3, -0.25) is 0 Å². The van der Waals surface area contributed by atoms with Crippen LogP contribution < -0.4 is 5.32 Å². The van der Waals surface area contributed by atoms with Crippen LogP contribution in [-0.4, -0.2) is 37.1 Å². The van der Waals surface area contributed by atoms with Gasteiger partial charge in [-0.2, -0.15) is 0 Å². The highest BCUT2D eigenvalue weighted by molar-refractivity contribution is 4.85. The van der Waals surface area contributed by atoms with Gasteiger partial charge in [0, 0.05) is 19.1 Å². The summed E-state index contributed by atoms with van der Waals surface area (Å²) in [6, 6.07) is 0.845. The third kappa shape index (κ3) is 4.89. The number of hydrogen-bond donors (Lipinski definition) is 1. The van der Waals surface area contributed by atoms with Crippen molar-refractivity contribution in [1.29, 1.82) is 0 Å². The van der Waals surface area contributed by atoms with Gasteiger partial charge in [-0.05, 0) is 56.5 Å². The van der Waals surface area contributed by atoms with Gasteiger partial charge in [-0.15, -0.1) is 0 Å². The predicted octanol–water partition coefficient (Wildman–Crippen LogP) is 3.28. The first kappa shape index (κ1) is 14.3. The molecule has 1 saturated heterocycles. The van der Waals surface area contributed by atoms with Crippen LogP contribution in [0.1, 0.15) is 59.3 Å². The van der Waals surface area contributed by atoms with Crippen molar-refractivity contribution in [1.82, 2.24) is 10.2 Å². The third-order valence-electron chi connectivity index (χ3n) is 4.62. The van der Waals surface area contributed by atoms with Crippen LogP contribution >= 0.6 is 0 Å². The monoisotopic (exact) mass is 252 g/mol. The van der Waals surface area contributed by atoms with Gasteiger partial charge in [-0.25, -0.2) is 0 Å². The average molecular weight is 252 g/mol. The quantitative estimate of drug-likeness (QED) is 0.780. The standard InChI is InChI=1S/C16H32N2/c1-4-14-6-5-10-18(11-9-14)13-16(2,3)12-17-15-7-8-15/h14-15,17H,4-13H2,1-3H3. The van der Waals surface area contributed by atoms with Crippen LogP contribution in [0.15, 0.2) is 0 Å². The Labute approximate surface area is 114 Å². The van der Waals surface area contributed by atoms with Crippen molar-refractivity contribution in [3.63, 3.8) is 0 Å². The fraction of sp³-hybridized carbons (Fsp3) is 1.00. The van der Waals surface area contributed by atoms with Crippen LogP contribution in [0.4, 0.5) is 0 Å². The molecule has 1 N–H and O–H groups in total. The Bertz CT molecular complexity index is 245. The van der Waals surface area contributed by atoms with Crippen LogP contribution in [0.2, 0.25) is 0 Å². The lowest BCUT2D eigenvalue weighted by Crippen LogP contribution is -2.41. The van der Waals surface area contributed by atoms with Crippen LogP contribution in [0.3, 0.4) is 0 Å². The zero-order valence-electron chi connectivity index (χ0n) is 12.7. The molecule has 0 spiro atoms. The van der Waals surface area contributed by atoms with Crippen LogP contribution in [-0.2, 0) is 0 Å². The lowest BCUT2D eigenvalue weighted by molar-refractivity contribution is 0.177. The molecule has 1 unspecified atom stereocenters. The van der Waals surface area contributed by atoms with Crippen molar-refractivity contribution in [2.45, 2.75) is 65.3 Å². The van der Waals surface area contributed by atoms with E-state index in [4.69, 9.17) is 0 Å². The van der Waals surface area contributed by atoms with E-state index in [0.29, 0.717) is 5.41 Å². The first-order valence-corrected chi connectivity index (χ1v) is 8.05. The van der Waals surface area contributed by atoms with Crippen LogP contribution in [0.25, 0.3) is 0 Å². The van der Waals surface area contributed by atoms with E-state index in [2.05, 4.69) is 31.0 Å². The van der Waals surface area contributed by atoms with Crippen molar-refractivity contribution in [2.75, 3.05) is 26.2 Å². The number of rotatable bonds is 6. The highest BCUT2D eigenvalue weighted by atomic mass is 15.1. The molecule has 2 aliphatic rings. The number of likely N-dealkylation sites (tertiary alicyclic amines) is 1. The maximum atomic E-state index is 3.70. The molecule has 2 fully saturated rings. The highest BCUT2D eigenvalue weighted by Gasteiger charge is 2.27. The summed E-state index contributed by atoms with van der Waals surface area (Å²) in [5, 5.41) is 3.70. The van der Waals surface area contributed by atoms with E-state index in [0.717, 1.165) is 12.0 Å². The summed E-state index contributed by atoms with van der Waals surface area (Å²) in [7, 11) is 0. The molecule has 2 rings (SSSR count). The van der Waals surface area contributed by atoms with Gasteiger partial charge in [0.1, 0.15) is 0 Å². The van der Waals surface area contributed by atoms with E-state index in [1.807, 2.05) is 0 Å². The Morgan fingerprint density at radius 3 is 2.56 bits per heavy atom. The highest BCUT2D eigenvalue weighted by Crippen LogP contribution is 2.25. The number of hydrogen-bond acceptors (Lipinski definition) is 2. The first-order valence-electron chi connectivity index (χ1n) is 8.05. The minimum atomic E-state index is 0.425. The third-order valence-corrected chi connectivity index (χ3v) is 4.62. The minimum absolute atomic E-state index is 0.425. The van der Waals surface area contributed by atoms with Gasteiger partial charge < -0.3 is 10.2 Å². The van der Waals surface area contributed by atoms with Crippen molar-refractivity contribution in [3.8, 4) is 0 Å². The molecule has 106 valence electrons. The summed E-state index contributed by atoms with van der Waals surface area (Å²) >= 11 is 0. The fourth-order valence-corrected chi connectivity index (χ4v) is 3.16. The lowest BCUT2D eigenvalue weighted by Gasteiger charge is -2.32. The molecule has 2 heteroatoms. The molecule has 1 atom stereocenters. The Hall–Kier alpha value is -0.0800. The normalized spacial score (nSPS) is 27.2. The van der Waals surface area contributed by atoms with Crippen LogP contribution in [0.5, 0.6) is 0 Å². The molecular weight excluding hydrogens is 220 g/mol. The molecule has 1 aliphatic carbocycles. The smallest absolute Gasteiger partial charge is 0.00684 e. The molecule has 0 radical (unpaired) electrons. The number of nitrogens with one attached hydrogen (secondary N) is 1. The van der Waals surface area contributed by atoms with Gasteiger partial charge >= 0.3 is 0 Å². The second-order valence-electron chi connectivity index (χ2n) is 7.30. The summed E-state index contributed by atoms with van der Waals surface area (Å²) in [5.41, 5.74) is 0.425. The van der Waals surface area contributed by atoms with Gasteiger partial charge in [0.05, 0.1) is 0 Å². The lowest BCUT2D eigenvalue weighted by atomic mass is 9.92. The van der Waals surface area contributed by atoms with Crippen molar-refractivity contribution in [3.05, 3.63) is 0 Å². The van der Waals surface area contributed by atoms with E-state index in [-0.39, 0.29) is 0 Å². The molecule has 1 saturated carbocycles. The summed E-state index contributed by atoms with van der Waals surface area (Å²) in [6.07, 6.45) is 8.46. The van der Waals surface area contributed by atoms with E-state index >= 15 is 0 Å². The Balaban J connectivity index is 1.72. The zero-order valence-corrected chi connectivity index (χ0v) is 12.7. The SMILES string of the molecule is CCC1CCCN(CC(C)(C)CNC2CC2)CC1. The largest absolute Gasteiger partial charge is 0.313 e. The molecule has 1 heterocycles. The molecule has 18 heavy (non-hydrogen) atoms. The molecule has 0 aromatic heterocycles. The van der Waals surface area contributed by atoms with Crippen molar-refractivity contribution >= 4 is 0 Å². The molecule has 1 aliphatic heterocycles. The summed E-state index contributed by atoms with van der Waals surface area (Å²) in [6.45, 7) is 12.3. The molecule has 0 aromatic carbocycles. The second kappa shape index (κ2) is 6.38. The first-order chi connectivity index (χ1) is 8.59. The van der Waals surface area contributed by atoms with Gasteiger partial charge in [-0.1, -0.05) is 27.2 Å². The topological polar surface area (TPSA) is 15.3 Å². The van der Waals surface area contributed by atoms with Crippen molar-refractivity contribution in [2.24, 2.45) is 11.3 Å². The molecule has 0 aromatic rings. The predicted molar refractivity (Wildman–Crippen MR) is 78.9 cm³/mol. The van der Waals surface area contributed by atoms with Crippen LogP contribution in [0, 0.1) is 11.3 Å². The van der Waals surface area contributed by atoms with E-state index in [1.165, 1.54) is 64.7 Å². The molecule has 0 amide bonds. The van der Waals surface area contributed by atoms with Gasteiger partial charge in [0.25, 0.3) is 0 Å². The van der Waals surface area contributed by atoms with E-state index in [9.17, 15) is 0 Å². The average Bonchev–Trinajstić information content (AvgIpc) is 3.13. The summed E-state index contributed by atoms with van der Waals surface area (Å²) < 4.78 is 0. The molecular formula is C16H32N2. The minimum Gasteiger partial charge on any atom is -0.313 e. The van der Waals surface area contributed by atoms with Gasteiger partial charge in [0.15, 0.2) is 0 Å². The Morgan fingerprint density at radius 1 is 1.11 bits per heavy atom. The molecule has 0 bridgehead atoms. The van der Waals surface area contributed by atoms with Gasteiger partial charge in [0.2, 0.25) is 0 Å². The fourth-order valence-electron chi connectivity index (χ4n) is 3.16. The second-order valence-corrected chi connectivity index (χ2v) is 7.30. The zero-order chi connectivity index (χ0) is 13.0. The Kier molecular flexibility index (Phi) is 5.08. The molecule has 2 nitrogen and oxygen atoms in total. The summed E-state index contributed by atoms with van der Waals surface area (Å²) in [5.74, 6) is 0.989. The van der Waals surface area contributed by atoms with E-state index < -0.39 is 0 Å². The Morgan fingerprint density at radius 2 is 1.89 bits per heavy atom. The van der Waals surface area contributed by atoms with Crippen molar-refractivity contribution < 1.29 is 0 Å². The summed E-state index contributed by atoms with van der Waals surface area (Å²) in [4.78, 5) is 2.71. The van der Waals surface area contributed by atoms with E-state index in [1.54, 1.807) is 0 Å². The number of nitrogens with zero attached hydrogens (tertiary/aromatic N) is 1. The maximum Gasteiger partial charge on any atom is 0.00684 e. The maximum absolute atomic E-state index is 3.70.